The largest absolute Gasteiger partial charge is 0.293 e. The molecule has 0 amide bonds. The molecule has 24 heavy (non-hydrogen) atoms. The molecule has 3 rings (SSSR count). The minimum Gasteiger partial charge on any atom is -0.293 e. The van der Waals surface area contributed by atoms with E-state index in [1.165, 1.54) is 11.8 Å². The van der Waals surface area contributed by atoms with Crippen LogP contribution in [0.25, 0.3) is 0 Å². The van der Waals surface area contributed by atoms with Crippen LogP contribution in [0.4, 0.5) is 0 Å². The summed E-state index contributed by atoms with van der Waals surface area (Å²) in [4.78, 5) is 13.0. The molecule has 0 bridgehead atoms. The van der Waals surface area contributed by atoms with Crippen molar-refractivity contribution in [1.82, 2.24) is 0 Å². The summed E-state index contributed by atoms with van der Waals surface area (Å²) in [6.07, 6.45) is 0. The quantitative estimate of drug-likeness (QED) is 0.434. The molecule has 0 radical (unpaired) electrons. The molecule has 1 atom stereocenters. The lowest BCUT2D eigenvalue weighted by Crippen LogP contribution is -2.12. The van der Waals surface area contributed by atoms with Crippen LogP contribution in [0.3, 0.4) is 0 Å². The Balaban J connectivity index is 1.91. The van der Waals surface area contributed by atoms with Gasteiger partial charge in [-0.25, -0.2) is 0 Å². The Morgan fingerprint density at radius 2 is 1.17 bits per heavy atom. The Morgan fingerprint density at radius 3 is 1.71 bits per heavy atom. The number of hydrogen-bond acceptors (Lipinski definition) is 3. The Morgan fingerprint density at radius 1 is 0.708 bits per heavy atom. The molecule has 0 aliphatic carbocycles. The van der Waals surface area contributed by atoms with E-state index in [2.05, 4.69) is 0 Å². The SMILES string of the molecule is O=C(c1ccccc1)C(SC(=S)c1ccccc1)c1ccccc1. The Bertz CT molecular complexity index is 814. The van der Waals surface area contributed by atoms with E-state index in [4.69, 9.17) is 12.2 Å². The lowest BCUT2D eigenvalue weighted by atomic mass is 10.0. The van der Waals surface area contributed by atoms with Gasteiger partial charge in [-0.3, -0.25) is 4.79 Å². The number of carbonyl (C=O) groups is 1. The summed E-state index contributed by atoms with van der Waals surface area (Å²) in [7, 11) is 0. The van der Waals surface area contributed by atoms with Gasteiger partial charge in [0.25, 0.3) is 0 Å². The third-order valence-electron chi connectivity index (χ3n) is 3.63. The number of rotatable bonds is 5. The van der Waals surface area contributed by atoms with Gasteiger partial charge in [-0.15, -0.1) is 0 Å². The lowest BCUT2D eigenvalue weighted by molar-refractivity contribution is 0.0990. The van der Waals surface area contributed by atoms with E-state index in [0.717, 1.165) is 15.3 Å². The van der Waals surface area contributed by atoms with Crippen molar-refractivity contribution in [3.8, 4) is 0 Å². The number of thiocarbonyl (C=S) groups is 1. The van der Waals surface area contributed by atoms with Gasteiger partial charge in [-0.2, -0.15) is 0 Å². The Hall–Kier alpha value is -2.23. The maximum absolute atomic E-state index is 13.0. The molecule has 0 spiro atoms. The Kier molecular flexibility index (Phi) is 5.57. The zero-order valence-electron chi connectivity index (χ0n) is 13.0. The van der Waals surface area contributed by atoms with Crippen molar-refractivity contribution in [1.29, 1.82) is 0 Å². The highest BCUT2D eigenvalue weighted by atomic mass is 32.2. The molecule has 0 heterocycles. The fourth-order valence-corrected chi connectivity index (χ4v) is 3.85. The number of benzene rings is 3. The molecule has 3 heteroatoms. The molecule has 1 unspecified atom stereocenters. The zero-order valence-corrected chi connectivity index (χ0v) is 14.6. The van der Waals surface area contributed by atoms with E-state index in [0.29, 0.717) is 5.56 Å². The van der Waals surface area contributed by atoms with E-state index in [9.17, 15) is 4.79 Å². The molecule has 3 aromatic rings. The van der Waals surface area contributed by atoms with Crippen LogP contribution >= 0.6 is 24.0 Å². The molecule has 0 aromatic heterocycles. The molecule has 0 fully saturated rings. The molecule has 0 N–H and O–H groups in total. The zero-order chi connectivity index (χ0) is 16.8. The number of thioether (sulfide) groups is 1. The van der Waals surface area contributed by atoms with E-state index in [1.807, 2.05) is 91.0 Å². The maximum atomic E-state index is 13.0. The second kappa shape index (κ2) is 8.04. The highest BCUT2D eigenvalue weighted by Gasteiger charge is 2.24. The first-order valence-corrected chi connectivity index (χ1v) is 8.95. The predicted molar refractivity (Wildman–Crippen MR) is 106 cm³/mol. The summed E-state index contributed by atoms with van der Waals surface area (Å²) in [5, 5.41) is -0.346. The van der Waals surface area contributed by atoms with Crippen LogP contribution in [0.1, 0.15) is 26.7 Å². The normalized spacial score (nSPS) is 11.7. The van der Waals surface area contributed by atoms with Crippen molar-refractivity contribution in [2.45, 2.75) is 5.25 Å². The monoisotopic (exact) mass is 348 g/mol. The summed E-state index contributed by atoms with van der Waals surface area (Å²) >= 11 is 7.01. The van der Waals surface area contributed by atoms with Gasteiger partial charge in [-0.05, 0) is 11.1 Å². The minimum atomic E-state index is -0.346. The van der Waals surface area contributed by atoms with Crippen LogP contribution in [-0.4, -0.2) is 9.98 Å². The van der Waals surface area contributed by atoms with Gasteiger partial charge in [0.2, 0.25) is 0 Å². The van der Waals surface area contributed by atoms with Crippen LogP contribution in [0.2, 0.25) is 0 Å². The summed E-state index contributed by atoms with van der Waals surface area (Å²) < 4.78 is 0.730. The third kappa shape index (κ3) is 3.99. The number of carbonyl (C=O) groups excluding carboxylic acids is 1. The van der Waals surface area contributed by atoms with Crippen molar-refractivity contribution in [2.75, 3.05) is 0 Å². The molecular weight excluding hydrogens is 332 g/mol. The first-order valence-electron chi connectivity index (χ1n) is 7.66. The molecule has 0 aliphatic rings. The average Bonchev–Trinajstić information content (AvgIpc) is 2.67. The van der Waals surface area contributed by atoms with Gasteiger partial charge in [0.05, 0.1) is 9.45 Å². The highest BCUT2D eigenvalue weighted by molar-refractivity contribution is 8.24. The van der Waals surface area contributed by atoms with Gasteiger partial charge in [0.15, 0.2) is 5.78 Å². The molecule has 3 aromatic carbocycles. The van der Waals surface area contributed by atoms with Crippen LogP contribution in [0, 0.1) is 0 Å². The average molecular weight is 348 g/mol. The van der Waals surface area contributed by atoms with Crippen LogP contribution in [0.5, 0.6) is 0 Å². The standard InChI is InChI=1S/C21H16OS2/c22-19(16-10-4-1-5-11-16)20(17-12-6-2-7-13-17)24-21(23)18-14-8-3-9-15-18/h1-15,20H. The van der Waals surface area contributed by atoms with Gasteiger partial charge < -0.3 is 0 Å². The summed E-state index contributed by atoms with van der Waals surface area (Å²) in [6.45, 7) is 0. The summed E-state index contributed by atoms with van der Waals surface area (Å²) in [5.41, 5.74) is 2.64. The lowest BCUT2D eigenvalue weighted by Gasteiger charge is -2.17. The van der Waals surface area contributed by atoms with Gasteiger partial charge >= 0.3 is 0 Å². The van der Waals surface area contributed by atoms with Gasteiger partial charge in [-0.1, -0.05) is 115 Å². The molecule has 0 saturated heterocycles. The van der Waals surface area contributed by atoms with E-state index in [-0.39, 0.29) is 11.0 Å². The van der Waals surface area contributed by atoms with Crippen molar-refractivity contribution in [3.63, 3.8) is 0 Å². The third-order valence-corrected chi connectivity index (χ3v) is 5.33. The van der Waals surface area contributed by atoms with Crippen LogP contribution in [-0.2, 0) is 0 Å². The number of ketones is 1. The van der Waals surface area contributed by atoms with Crippen molar-refractivity contribution in [2.24, 2.45) is 0 Å². The second-order valence-electron chi connectivity index (χ2n) is 5.29. The van der Waals surface area contributed by atoms with E-state index in [1.54, 1.807) is 0 Å². The molecule has 0 saturated carbocycles. The number of Topliss-reactive ketones (excluding diaryl/α,β-unsaturated/α-hetero) is 1. The van der Waals surface area contributed by atoms with Gasteiger partial charge in [0.1, 0.15) is 0 Å². The second-order valence-corrected chi connectivity index (χ2v) is 7.07. The molecular formula is C21H16OS2. The van der Waals surface area contributed by atoms with E-state index < -0.39 is 0 Å². The smallest absolute Gasteiger partial charge is 0.180 e. The fraction of sp³-hybridized carbons (Fsp3) is 0.0476. The minimum absolute atomic E-state index is 0.0741. The molecule has 0 aliphatic heterocycles. The Labute approximate surface area is 151 Å². The highest BCUT2D eigenvalue weighted by Crippen LogP contribution is 2.35. The summed E-state index contributed by atoms with van der Waals surface area (Å²) in [5.74, 6) is 0.0741. The van der Waals surface area contributed by atoms with Crippen LogP contribution in [0.15, 0.2) is 91.0 Å². The summed E-state index contributed by atoms with van der Waals surface area (Å²) in [6, 6.07) is 29.0. The van der Waals surface area contributed by atoms with Crippen molar-refractivity contribution >= 4 is 34.0 Å². The van der Waals surface area contributed by atoms with Gasteiger partial charge in [0, 0.05) is 5.56 Å². The van der Waals surface area contributed by atoms with Crippen molar-refractivity contribution < 1.29 is 4.79 Å². The predicted octanol–water partition coefficient (Wildman–Crippen LogP) is 5.72. The van der Waals surface area contributed by atoms with E-state index >= 15 is 0 Å². The first kappa shape index (κ1) is 16.6. The molecule has 1 nitrogen and oxygen atoms in total. The fourth-order valence-electron chi connectivity index (χ4n) is 2.40. The van der Waals surface area contributed by atoms with Crippen molar-refractivity contribution in [3.05, 3.63) is 108 Å². The first-order chi connectivity index (χ1) is 11.8. The van der Waals surface area contributed by atoms with Crippen LogP contribution < -0.4 is 0 Å². The topological polar surface area (TPSA) is 17.1 Å². The molecule has 118 valence electrons. The number of hydrogen-bond donors (Lipinski definition) is 0. The maximum Gasteiger partial charge on any atom is 0.180 e.